The monoisotopic (exact) mass is 257 g/mol. The quantitative estimate of drug-likeness (QED) is 0.742. The van der Waals surface area contributed by atoms with Crippen LogP contribution >= 0.6 is 0 Å². The molecule has 1 aliphatic carbocycles. The Labute approximate surface area is 97.8 Å². The summed E-state index contributed by atoms with van der Waals surface area (Å²) in [6.07, 6.45) is 2.95. The van der Waals surface area contributed by atoms with Gasteiger partial charge in [0.2, 0.25) is 0 Å². The fourth-order valence-corrected chi connectivity index (χ4v) is 2.03. The highest BCUT2D eigenvalue weighted by atomic mass is 32.2. The van der Waals surface area contributed by atoms with Gasteiger partial charge in [0.25, 0.3) is 15.9 Å². The third-order valence-corrected chi connectivity index (χ3v) is 3.06. The van der Waals surface area contributed by atoms with Crippen LogP contribution in [0.2, 0.25) is 0 Å². The fraction of sp³-hybridized carbons (Fsp3) is 0.333. The Balaban J connectivity index is 2.55. The van der Waals surface area contributed by atoms with Gasteiger partial charge in [0.05, 0.1) is 6.10 Å². The van der Waals surface area contributed by atoms with E-state index in [0.29, 0.717) is 0 Å². The molecule has 1 heterocycles. The molecule has 17 heavy (non-hydrogen) atoms. The van der Waals surface area contributed by atoms with E-state index in [1.165, 1.54) is 12.3 Å². The summed E-state index contributed by atoms with van der Waals surface area (Å²) < 4.78 is 27.9. The average molecular weight is 257 g/mol. The number of ether oxygens (including phenoxy) is 1. The van der Waals surface area contributed by atoms with Crippen molar-refractivity contribution >= 4 is 15.9 Å². The Morgan fingerprint density at radius 2 is 2.12 bits per heavy atom. The highest BCUT2D eigenvalue weighted by Gasteiger charge is 2.29. The number of hydrogen-bond acceptors (Lipinski definition) is 5. The van der Waals surface area contributed by atoms with Gasteiger partial charge in [-0.15, -0.1) is 0 Å². The third-order valence-electron chi connectivity index (χ3n) is 2.21. The Morgan fingerprint density at radius 3 is 2.59 bits per heavy atom. The van der Waals surface area contributed by atoms with E-state index in [9.17, 15) is 13.2 Å². The summed E-state index contributed by atoms with van der Waals surface area (Å²) in [6.45, 7) is 0. The predicted octanol–water partition coefficient (Wildman–Crippen LogP) is -0.631. The van der Waals surface area contributed by atoms with Crippen LogP contribution in [0.5, 0.6) is 5.75 Å². The summed E-state index contributed by atoms with van der Waals surface area (Å²) in [6, 6.07) is 1.40. The molecule has 0 saturated heterocycles. The molecule has 1 saturated carbocycles. The lowest BCUT2D eigenvalue weighted by Crippen LogP contribution is -2.23. The fourth-order valence-electron chi connectivity index (χ4n) is 1.33. The van der Waals surface area contributed by atoms with Crippen molar-refractivity contribution < 1.29 is 17.9 Å². The summed E-state index contributed by atoms with van der Waals surface area (Å²) >= 11 is 0. The van der Waals surface area contributed by atoms with Gasteiger partial charge < -0.3 is 10.5 Å². The smallest absolute Gasteiger partial charge is 0.256 e. The molecule has 0 aromatic carbocycles. The topological polar surface area (TPSA) is 125 Å². The van der Waals surface area contributed by atoms with Gasteiger partial charge in [-0.05, 0) is 18.9 Å². The van der Waals surface area contributed by atoms with Gasteiger partial charge in [0, 0.05) is 6.20 Å². The van der Waals surface area contributed by atoms with E-state index >= 15 is 0 Å². The Hall–Kier alpha value is -1.67. The van der Waals surface area contributed by atoms with Crippen molar-refractivity contribution in [2.24, 2.45) is 10.9 Å². The molecule has 0 spiro atoms. The van der Waals surface area contributed by atoms with Crippen molar-refractivity contribution in [1.82, 2.24) is 4.98 Å². The summed E-state index contributed by atoms with van der Waals surface area (Å²) in [5.74, 6) is -0.822. The first-order valence-electron chi connectivity index (χ1n) is 4.88. The zero-order chi connectivity index (χ0) is 12.6. The number of carbonyl (C=O) groups is 1. The summed E-state index contributed by atoms with van der Waals surface area (Å²) in [5.41, 5.74) is 4.84. The number of hydrogen-bond donors (Lipinski definition) is 2. The Morgan fingerprint density at radius 1 is 1.47 bits per heavy atom. The molecular weight excluding hydrogens is 246 g/mol. The predicted molar refractivity (Wildman–Crippen MR) is 57.8 cm³/mol. The van der Waals surface area contributed by atoms with Gasteiger partial charge in [-0.25, -0.2) is 18.5 Å². The maximum absolute atomic E-state index is 11.3. The third kappa shape index (κ3) is 2.53. The van der Waals surface area contributed by atoms with Crippen molar-refractivity contribution in [2.45, 2.75) is 24.0 Å². The molecule has 8 heteroatoms. The number of rotatable bonds is 4. The molecule has 4 N–H and O–H groups in total. The molecular formula is C9H11N3O4S. The van der Waals surface area contributed by atoms with E-state index in [1.807, 2.05) is 0 Å². The highest BCUT2D eigenvalue weighted by Crippen LogP contribution is 2.30. The molecule has 1 aliphatic rings. The standard InChI is InChI=1S/C9H11N3O4S/c10-8(13)7-6(16-5-1-2-5)3-4-12-9(7)17(11,14)15/h3-5H,1-2H2,(H2,10,13)(H2,11,14,15). The number of sulfonamides is 1. The van der Waals surface area contributed by atoms with E-state index in [2.05, 4.69) is 4.98 Å². The number of nitrogens with zero attached hydrogens (tertiary/aromatic N) is 1. The second kappa shape index (κ2) is 3.97. The van der Waals surface area contributed by atoms with Crippen LogP contribution in [0, 0.1) is 0 Å². The molecule has 0 atom stereocenters. The number of carbonyl (C=O) groups excluding carboxylic acids is 1. The maximum Gasteiger partial charge on any atom is 0.256 e. The SMILES string of the molecule is NC(=O)c1c(OC2CC2)ccnc1S(N)(=O)=O. The van der Waals surface area contributed by atoms with Gasteiger partial charge in [-0.2, -0.15) is 0 Å². The first kappa shape index (κ1) is 11.8. The molecule has 92 valence electrons. The van der Waals surface area contributed by atoms with E-state index in [4.69, 9.17) is 15.6 Å². The molecule has 0 bridgehead atoms. The lowest BCUT2D eigenvalue weighted by atomic mass is 10.2. The number of primary amides is 1. The average Bonchev–Trinajstić information content (AvgIpc) is 2.99. The van der Waals surface area contributed by atoms with E-state index in [-0.39, 0.29) is 17.4 Å². The maximum atomic E-state index is 11.3. The molecule has 1 fully saturated rings. The molecule has 2 rings (SSSR count). The minimum absolute atomic E-state index is 0.00354. The van der Waals surface area contributed by atoms with Gasteiger partial charge in [-0.1, -0.05) is 0 Å². The summed E-state index contributed by atoms with van der Waals surface area (Å²) in [5, 5.41) is 4.40. The largest absolute Gasteiger partial charge is 0.489 e. The van der Waals surface area contributed by atoms with E-state index < -0.39 is 21.0 Å². The molecule has 1 aromatic heterocycles. The number of amides is 1. The normalized spacial score (nSPS) is 15.6. The van der Waals surface area contributed by atoms with E-state index in [1.54, 1.807) is 0 Å². The summed E-state index contributed by atoms with van der Waals surface area (Å²) in [4.78, 5) is 14.8. The lowest BCUT2D eigenvalue weighted by Gasteiger charge is -2.10. The van der Waals surface area contributed by atoms with Crippen LogP contribution in [-0.4, -0.2) is 25.4 Å². The minimum atomic E-state index is -4.11. The van der Waals surface area contributed by atoms with Crippen LogP contribution in [0.25, 0.3) is 0 Å². The Bertz CT molecular complexity index is 566. The number of nitrogens with two attached hydrogens (primary N) is 2. The van der Waals surface area contributed by atoms with Gasteiger partial charge in [-0.3, -0.25) is 4.79 Å². The first-order chi connectivity index (χ1) is 7.89. The van der Waals surface area contributed by atoms with Crippen molar-refractivity contribution in [3.8, 4) is 5.75 Å². The van der Waals surface area contributed by atoms with Crippen LogP contribution in [0.1, 0.15) is 23.2 Å². The number of primary sulfonamides is 1. The van der Waals surface area contributed by atoms with Crippen molar-refractivity contribution in [3.05, 3.63) is 17.8 Å². The molecule has 1 aromatic rings. The zero-order valence-electron chi connectivity index (χ0n) is 8.79. The minimum Gasteiger partial charge on any atom is -0.489 e. The number of aromatic nitrogens is 1. The summed E-state index contributed by atoms with van der Waals surface area (Å²) in [7, 11) is -4.11. The van der Waals surface area contributed by atoms with Crippen molar-refractivity contribution in [2.75, 3.05) is 0 Å². The van der Waals surface area contributed by atoms with Crippen LogP contribution in [-0.2, 0) is 10.0 Å². The Kier molecular flexibility index (Phi) is 2.76. The van der Waals surface area contributed by atoms with Crippen molar-refractivity contribution in [1.29, 1.82) is 0 Å². The molecule has 7 nitrogen and oxygen atoms in total. The van der Waals surface area contributed by atoms with Gasteiger partial charge in [0.15, 0.2) is 5.03 Å². The second-order valence-electron chi connectivity index (χ2n) is 3.72. The second-order valence-corrected chi connectivity index (χ2v) is 5.19. The molecule has 0 unspecified atom stereocenters. The first-order valence-corrected chi connectivity index (χ1v) is 6.42. The van der Waals surface area contributed by atoms with Crippen LogP contribution in [0.3, 0.4) is 0 Å². The van der Waals surface area contributed by atoms with Crippen LogP contribution in [0.4, 0.5) is 0 Å². The van der Waals surface area contributed by atoms with E-state index in [0.717, 1.165) is 12.8 Å². The van der Waals surface area contributed by atoms with Crippen molar-refractivity contribution in [3.63, 3.8) is 0 Å². The molecule has 0 aliphatic heterocycles. The zero-order valence-corrected chi connectivity index (χ0v) is 9.61. The molecule has 0 radical (unpaired) electrons. The van der Waals surface area contributed by atoms with Crippen LogP contribution in [0.15, 0.2) is 17.3 Å². The molecule has 1 amide bonds. The van der Waals surface area contributed by atoms with Gasteiger partial charge in [0.1, 0.15) is 11.3 Å². The lowest BCUT2D eigenvalue weighted by molar-refractivity contribution is 0.0991. The van der Waals surface area contributed by atoms with Crippen LogP contribution < -0.4 is 15.6 Å². The van der Waals surface area contributed by atoms with Gasteiger partial charge >= 0.3 is 0 Å². The number of pyridine rings is 1. The highest BCUT2D eigenvalue weighted by molar-refractivity contribution is 7.89.